The maximum Gasteiger partial charge on any atom is 0.224 e. The normalized spacial score (nSPS) is 12.8. The molecule has 0 aliphatic carbocycles. The van der Waals surface area contributed by atoms with Gasteiger partial charge < -0.3 is 11.1 Å². The molecule has 1 aromatic rings. The van der Waals surface area contributed by atoms with Crippen molar-refractivity contribution in [3.8, 4) is 0 Å². The van der Waals surface area contributed by atoms with Crippen LogP contribution in [0.5, 0.6) is 0 Å². The van der Waals surface area contributed by atoms with E-state index in [1.807, 2.05) is 19.9 Å². The third kappa shape index (κ3) is 3.61. The molecule has 90 valence electrons. The summed E-state index contributed by atoms with van der Waals surface area (Å²) in [7, 11) is 0. The van der Waals surface area contributed by atoms with Crippen molar-refractivity contribution >= 4 is 17.2 Å². The fourth-order valence-electron chi connectivity index (χ4n) is 1.57. The number of carbonyl (C=O) groups excluding carboxylic acids is 1. The lowest BCUT2D eigenvalue weighted by atomic mass is 9.95. The van der Waals surface area contributed by atoms with Gasteiger partial charge in [-0.25, -0.2) is 0 Å². The standard InChI is InChI=1S/C12H20N2OS/c1-8(2)11(6-13)12(15)14-7-10-5-4-9(3)16-10/h4-5,8,11H,6-7,13H2,1-3H3,(H,14,15). The number of hydrogen-bond acceptors (Lipinski definition) is 3. The molecule has 0 aliphatic rings. The lowest BCUT2D eigenvalue weighted by molar-refractivity contribution is -0.126. The third-order valence-electron chi connectivity index (χ3n) is 2.63. The first-order valence-corrected chi connectivity index (χ1v) is 6.39. The molecule has 1 unspecified atom stereocenters. The second kappa shape index (κ2) is 6.01. The molecule has 3 N–H and O–H groups in total. The zero-order chi connectivity index (χ0) is 12.1. The maximum absolute atomic E-state index is 11.8. The highest BCUT2D eigenvalue weighted by atomic mass is 32.1. The Bertz CT molecular complexity index is 347. The molecule has 0 saturated heterocycles. The van der Waals surface area contributed by atoms with Gasteiger partial charge in [0.15, 0.2) is 0 Å². The van der Waals surface area contributed by atoms with Gasteiger partial charge in [0.2, 0.25) is 5.91 Å². The minimum atomic E-state index is -0.0824. The van der Waals surface area contributed by atoms with Crippen molar-refractivity contribution in [3.63, 3.8) is 0 Å². The summed E-state index contributed by atoms with van der Waals surface area (Å²) < 4.78 is 0. The Morgan fingerprint density at radius 2 is 2.19 bits per heavy atom. The van der Waals surface area contributed by atoms with E-state index in [0.717, 1.165) is 0 Å². The van der Waals surface area contributed by atoms with Gasteiger partial charge in [-0.1, -0.05) is 13.8 Å². The van der Waals surface area contributed by atoms with Gasteiger partial charge in [0.1, 0.15) is 0 Å². The summed E-state index contributed by atoms with van der Waals surface area (Å²) in [5.41, 5.74) is 5.59. The van der Waals surface area contributed by atoms with Crippen LogP contribution < -0.4 is 11.1 Å². The van der Waals surface area contributed by atoms with Gasteiger partial charge in [0.05, 0.1) is 12.5 Å². The quantitative estimate of drug-likeness (QED) is 0.826. The van der Waals surface area contributed by atoms with E-state index in [1.165, 1.54) is 9.75 Å². The van der Waals surface area contributed by atoms with Crippen LogP contribution in [0.15, 0.2) is 12.1 Å². The molecule has 16 heavy (non-hydrogen) atoms. The Balaban J connectivity index is 2.45. The summed E-state index contributed by atoms with van der Waals surface area (Å²) in [6, 6.07) is 4.11. The first-order chi connectivity index (χ1) is 7.54. The average Bonchev–Trinajstić information content (AvgIpc) is 2.62. The van der Waals surface area contributed by atoms with E-state index >= 15 is 0 Å². The zero-order valence-electron chi connectivity index (χ0n) is 10.1. The lowest BCUT2D eigenvalue weighted by Gasteiger charge is -2.17. The van der Waals surface area contributed by atoms with Crippen molar-refractivity contribution < 1.29 is 4.79 Å². The van der Waals surface area contributed by atoms with Crippen molar-refractivity contribution in [1.82, 2.24) is 5.32 Å². The minimum Gasteiger partial charge on any atom is -0.351 e. The molecule has 0 fully saturated rings. The Morgan fingerprint density at radius 3 is 2.62 bits per heavy atom. The molecule has 0 aromatic carbocycles. The molecule has 1 aromatic heterocycles. The molecule has 1 amide bonds. The third-order valence-corrected chi connectivity index (χ3v) is 3.63. The fraction of sp³-hybridized carbons (Fsp3) is 0.583. The van der Waals surface area contributed by atoms with Gasteiger partial charge in [-0.3, -0.25) is 4.79 Å². The fourth-order valence-corrected chi connectivity index (χ4v) is 2.40. The summed E-state index contributed by atoms with van der Waals surface area (Å²) in [5.74, 6) is 0.264. The van der Waals surface area contributed by atoms with Gasteiger partial charge in [-0.05, 0) is 25.0 Å². The van der Waals surface area contributed by atoms with E-state index in [-0.39, 0.29) is 17.7 Å². The number of rotatable bonds is 5. The largest absolute Gasteiger partial charge is 0.351 e. The number of thiophene rings is 1. The second-order valence-corrected chi connectivity index (χ2v) is 5.69. The first-order valence-electron chi connectivity index (χ1n) is 5.57. The second-order valence-electron chi connectivity index (χ2n) is 4.32. The number of nitrogens with one attached hydrogen (secondary N) is 1. The van der Waals surface area contributed by atoms with E-state index < -0.39 is 0 Å². The Morgan fingerprint density at radius 1 is 1.50 bits per heavy atom. The number of aryl methyl sites for hydroxylation is 1. The number of nitrogens with two attached hydrogens (primary N) is 1. The van der Waals surface area contributed by atoms with Crippen molar-refractivity contribution in [1.29, 1.82) is 0 Å². The number of amides is 1. The molecule has 3 nitrogen and oxygen atoms in total. The van der Waals surface area contributed by atoms with Crippen LogP contribution in [0.2, 0.25) is 0 Å². The molecule has 0 radical (unpaired) electrons. The zero-order valence-corrected chi connectivity index (χ0v) is 10.9. The van der Waals surface area contributed by atoms with Crippen molar-refractivity contribution in [2.75, 3.05) is 6.54 Å². The van der Waals surface area contributed by atoms with E-state index in [1.54, 1.807) is 11.3 Å². The Hall–Kier alpha value is -0.870. The topological polar surface area (TPSA) is 55.1 Å². The highest BCUT2D eigenvalue weighted by Crippen LogP contribution is 2.15. The molecule has 1 rings (SSSR count). The van der Waals surface area contributed by atoms with Crippen molar-refractivity contribution in [2.24, 2.45) is 17.6 Å². The number of hydrogen-bond donors (Lipinski definition) is 2. The molecule has 0 aliphatic heterocycles. The van der Waals surface area contributed by atoms with E-state index in [4.69, 9.17) is 5.73 Å². The molecule has 0 saturated carbocycles. The van der Waals surface area contributed by atoms with Gasteiger partial charge in [-0.15, -0.1) is 11.3 Å². The monoisotopic (exact) mass is 240 g/mol. The van der Waals surface area contributed by atoms with Crippen LogP contribution in [-0.4, -0.2) is 12.5 Å². The number of carbonyl (C=O) groups is 1. The smallest absolute Gasteiger partial charge is 0.224 e. The summed E-state index contributed by atoms with van der Waals surface area (Å²) in [6.07, 6.45) is 0. The molecule has 1 atom stereocenters. The van der Waals surface area contributed by atoms with Crippen LogP contribution in [0.4, 0.5) is 0 Å². The summed E-state index contributed by atoms with van der Waals surface area (Å²) in [6.45, 7) is 7.12. The van der Waals surface area contributed by atoms with Crippen LogP contribution in [0, 0.1) is 18.8 Å². The van der Waals surface area contributed by atoms with E-state index in [9.17, 15) is 4.79 Å². The maximum atomic E-state index is 11.8. The predicted molar refractivity (Wildman–Crippen MR) is 68.3 cm³/mol. The van der Waals surface area contributed by atoms with Gasteiger partial charge >= 0.3 is 0 Å². The first kappa shape index (κ1) is 13.2. The van der Waals surface area contributed by atoms with Gasteiger partial charge in [-0.2, -0.15) is 0 Å². The summed E-state index contributed by atoms with van der Waals surface area (Å²) in [5, 5.41) is 2.94. The van der Waals surface area contributed by atoms with Crippen molar-refractivity contribution in [3.05, 3.63) is 21.9 Å². The van der Waals surface area contributed by atoms with Crippen LogP contribution in [0.1, 0.15) is 23.6 Å². The molecular weight excluding hydrogens is 220 g/mol. The lowest BCUT2D eigenvalue weighted by Crippen LogP contribution is -2.37. The minimum absolute atomic E-state index is 0.0588. The predicted octanol–water partition coefficient (Wildman–Crippen LogP) is 1.90. The summed E-state index contributed by atoms with van der Waals surface area (Å²) in [4.78, 5) is 14.3. The molecule has 1 heterocycles. The van der Waals surface area contributed by atoms with E-state index in [2.05, 4.69) is 18.3 Å². The Labute approximate surface area is 101 Å². The van der Waals surface area contributed by atoms with Crippen LogP contribution in [0.3, 0.4) is 0 Å². The average molecular weight is 240 g/mol. The Kier molecular flexibility index (Phi) is 4.96. The van der Waals surface area contributed by atoms with Gasteiger partial charge in [0, 0.05) is 16.3 Å². The van der Waals surface area contributed by atoms with Crippen LogP contribution in [-0.2, 0) is 11.3 Å². The highest BCUT2D eigenvalue weighted by molar-refractivity contribution is 7.11. The summed E-state index contributed by atoms with van der Waals surface area (Å²) >= 11 is 1.71. The highest BCUT2D eigenvalue weighted by Gasteiger charge is 2.19. The SMILES string of the molecule is Cc1ccc(CNC(=O)C(CN)C(C)C)s1. The molecule has 0 spiro atoms. The van der Waals surface area contributed by atoms with Crippen molar-refractivity contribution in [2.45, 2.75) is 27.3 Å². The van der Waals surface area contributed by atoms with Gasteiger partial charge in [0.25, 0.3) is 0 Å². The van der Waals surface area contributed by atoms with E-state index in [0.29, 0.717) is 13.1 Å². The molecular formula is C12H20N2OS. The van der Waals surface area contributed by atoms with Crippen LogP contribution in [0.25, 0.3) is 0 Å². The molecule has 0 bridgehead atoms. The van der Waals surface area contributed by atoms with Crippen LogP contribution >= 0.6 is 11.3 Å². The molecule has 4 heteroatoms.